The lowest BCUT2D eigenvalue weighted by atomic mass is 10.4. The van der Waals surface area contributed by atoms with E-state index in [4.69, 9.17) is 10.8 Å². The number of aromatic nitrogens is 2. The van der Waals surface area contributed by atoms with Gasteiger partial charge in [-0.05, 0) is 28.1 Å². The van der Waals surface area contributed by atoms with Gasteiger partial charge in [0, 0.05) is 6.42 Å². The van der Waals surface area contributed by atoms with E-state index in [1.165, 1.54) is 0 Å². The van der Waals surface area contributed by atoms with E-state index in [1.54, 1.807) is 0 Å². The molecule has 14 heavy (non-hydrogen) atoms. The summed E-state index contributed by atoms with van der Waals surface area (Å²) in [4.78, 5) is 4.28. The maximum atomic E-state index is 8.87. The van der Waals surface area contributed by atoms with Gasteiger partial charge in [0.05, 0.1) is 12.1 Å². The van der Waals surface area contributed by atoms with Crippen molar-refractivity contribution in [2.24, 2.45) is 0 Å². The van der Waals surface area contributed by atoms with Crippen LogP contribution in [0.1, 0.15) is 5.82 Å². The molecule has 3 N–H and O–H groups in total. The van der Waals surface area contributed by atoms with Gasteiger partial charge < -0.3 is 10.8 Å². The number of fused-ring (bicyclic) bond motifs is 1. The zero-order valence-electron chi connectivity index (χ0n) is 7.44. The number of anilines is 1. The first-order valence-corrected chi connectivity index (χ1v) is 5.05. The molecule has 0 spiro atoms. The summed E-state index contributed by atoms with van der Waals surface area (Å²) < 4.78 is 2.59. The maximum absolute atomic E-state index is 8.87. The molecule has 74 valence electrons. The normalized spacial score (nSPS) is 11.0. The van der Waals surface area contributed by atoms with Gasteiger partial charge in [0.25, 0.3) is 0 Å². The molecule has 0 aliphatic carbocycles. The second-order valence-electron chi connectivity index (χ2n) is 2.96. The third kappa shape index (κ3) is 1.38. The van der Waals surface area contributed by atoms with E-state index in [0.29, 0.717) is 12.2 Å². The summed E-state index contributed by atoms with van der Waals surface area (Å²) in [5.74, 6) is 1.40. The number of nitrogens with two attached hydrogens (primary N) is 1. The van der Waals surface area contributed by atoms with Crippen LogP contribution in [0.2, 0.25) is 0 Å². The Hall–Kier alpha value is -1.07. The van der Waals surface area contributed by atoms with Crippen molar-refractivity contribution < 1.29 is 5.11 Å². The SMILES string of the molecule is Nc1cccc2c(Br)nc(CCO)n12. The van der Waals surface area contributed by atoms with Crippen LogP contribution in [0, 0.1) is 0 Å². The van der Waals surface area contributed by atoms with E-state index in [9.17, 15) is 0 Å². The van der Waals surface area contributed by atoms with Crippen LogP contribution in [0.3, 0.4) is 0 Å². The molecule has 0 fully saturated rings. The molecule has 0 radical (unpaired) electrons. The van der Waals surface area contributed by atoms with Crippen LogP contribution in [0.4, 0.5) is 5.82 Å². The van der Waals surface area contributed by atoms with Crippen LogP contribution in [0.15, 0.2) is 22.8 Å². The predicted molar refractivity (Wildman–Crippen MR) is 58.1 cm³/mol. The molecule has 0 bridgehead atoms. The Morgan fingerprint density at radius 2 is 2.29 bits per heavy atom. The predicted octanol–water partition coefficient (Wildman–Crippen LogP) is 1.21. The van der Waals surface area contributed by atoms with Crippen LogP contribution >= 0.6 is 15.9 Å². The average molecular weight is 256 g/mol. The van der Waals surface area contributed by atoms with Gasteiger partial charge in [0.15, 0.2) is 0 Å². The molecule has 2 aromatic rings. The summed E-state index contributed by atoms with van der Waals surface area (Å²) in [5.41, 5.74) is 6.75. The van der Waals surface area contributed by atoms with Gasteiger partial charge in [-0.1, -0.05) is 6.07 Å². The molecular formula is C9H10BrN3O. The Bertz CT molecular complexity index is 466. The molecular weight excluding hydrogens is 246 g/mol. The Labute approximate surface area is 89.5 Å². The number of imidazole rings is 1. The van der Waals surface area contributed by atoms with Crippen molar-refractivity contribution in [2.45, 2.75) is 6.42 Å². The molecule has 0 aliphatic heterocycles. The molecule has 4 nitrogen and oxygen atoms in total. The summed E-state index contributed by atoms with van der Waals surface area (Å²) >= 11 is 3.35. The van der Waals surface area contributed by atoms with Gasteiger partial charge in [-0.15, -0.1) is 0 Å². The highest BCUT2D eigenvalue weighted by Crippen LogP contribution is 2.21. The maximum Gasteiger partial charge on any atom is 0.132 e. The third-order valence-corrected chi connectivity index (χ3v) is 2.64. The molecule has 0 amide bonds. The summed E-state index contributed by atoms with van der Waals surface area (Å²) in [6.07, 6.45) is 0.501. The molecule has 2 heterocycles. The second-order valence-corrected chi connectivity index (χ2v) is 3.71. The number of aliphatic hydroxyl groups excluding tert-OH is 1. The largest absolute Gasteiger partial charge is 0.396 e. The van der Waals surface area contributed by atoms with Gasteiger partial charge >= 0.3 is 0 Å². The lowest BCUT2D eigenvalue weighted by Crippen LogP contribution is -2.02. The highest BCUT2D eigenvalue weighted by Gasteiger charge is 2.09. The van der Waals surface area contributed by atoms with Crippen molar-refractivity contribution in [1.29, 1.82) is 0 Å². The number of nitrogen functional groups attached to an aromatic ring is 1. The van der Waals surface area contributed by atoms with Crippen LogP contribution in [0.5, 0.6) is 0 Å². The van der Waals surface area contributed by atoms with E-state index in [1.807, 2.05) is 22.6 Å². The monoisotopic (exact) mass is 255 g/mol. The number of nitrogens with zero attached hydrogens (tertiary/aromatic N) is 2. The molecule has 2 aromatic heterocycles. The van der Waals surface area contributed by atoms with Gasteiger partial charge in [0.2, 0.25) is 0 Å². The molecule has 0 aromatic carbocycles. The molecule has 5 heteroatoms. The Balaban J connectivity index is 2.72. The quantitative estimate of drug-likeness (QED) is 0.848. The van der Waals surface area contributed by atoms with Gasteiger partial charge in [-0.25, -0.2) is 4.98 Å². The second kappa shape index (κ2) is 3.59. The first-order chi connectivity index (χ1) is 6.74. The summed E-state index contributed by atoms with van der Waals surface area (Å²) in [6.45, 7) is 0.0693. The van der Waals surface area contributed by atoms with Crippen molar-refractivity contribution in [2.75, 3.05) is 12.3 Å². The van der Waals surface area contributed by atoms with Crippen molar-refractivity contribution in [3.05, 3.63) is 28.6 Å². The van der Waals surface area contributed by atoms with Crippen molar-refractivity contribution in [3.63, 3.8) is 0 Å². The number of rotatable bonds is 2. The van der Waals surface area contributed by atoms with Crippen molar-refractivity contribution in [3.8, 4) is 0 Å². The lowest BCUT2D eigenvalue weighted by molar-refractivity contribution is 0.296. The fourth-order valence-corrected chi connectivity index (χ4v) is 1.98. The molecule has 0 unspecified atom stereocenters. The number of pyridine rings is 1. The summed E-state index contributed by atoms with van der Waals surface area (Å²) in [6, 6.07) is 5.61. The number of aliphatic hydroxyl groups is 1. The number of hydrogen-bond donors (Lipinski definition) is 2. The van der Waals surface area contributed by atoms with E-state index in [-0.39, 0.29) is 6.61 Å². The fraction of sp³-hybridized carbons (Fsp3) is 0.222. The van der Waals surface area contributed by atoms with Gasteiger partial charge in [-0.2, -0.15) is 0 Å². The summed E-state index contributed by atoms with van der Waals surface area (Å²) in [7, 11) is 0. The highest BCUT2D eigenvalue weighted by atomic mass is 79.9. The first kappa shape index (κ1) is 9.48. The van der Waals surface area contributed by atoms with Crippen LogP contribution < -0.4 is 5.73 Å². The van der Waals surface area contributed by atoms with E-state index < -0.39 is 0 Å². The standard InChI is InChI=1S/C9H10BrN3O/c10-9-6-2-1-3-7(11)13(6)8(12-9)4-5-14/h1-3,14H,4-5,11H2. The van der Waals surface area contributed by atoms with Crippen LogP contribution in [0.25, 0.3) is 5.52 Å². The average Bonchev–Trinajstić information content (AvgIpc) is 2.46. The van der Waals surface area contributed by atoms with Gasteiger partial charge in [0.1, 0.15) is 16.2 Å². The Morgan fingerprint density at radius 3 is 3.00 bits per heavy atom. The zero-order chi connectivity index (χ0) is 10.1. The minimum atomic E-state index is 0.0693. The van der Waals surface area contributed by atoms with Crippen molar-refractivity contribution in [1.82, 2.24) is 9.38 Å². The van der Waals surface area contributed by atoms with Crippen molar-refractivity contribution >= 4 is 27.3 Å². The molecule has 0 saturated heterocycles. The topological polar surface area (TPSA) is 63.5 Å². The number of halogens is 1. The van der Waals surface area contributed by atoms with E-state index >= 15 is 0 Å². The first-order valence-electron chi connectivity index (χ1n) is 4.26. The van der Waals surface area contributed by atoms with Crippen LogP contribution in [-0.2, 0) is 6.42 Å². The van der Waals surface area contributed by atoms with Gasteiger partial charge in [-0.3, -0.25) is 4.40 Å². The van der Waals surface area contributed by atoms with E-state index in [0.717, 1.165) is 15.9 Å². The fourth-order valence-electron chi connectivity index (χ4n) is 1.46. The van der Waals surface area contributed by atoms with Crippen LogP contribution in [-0.4, -0.2) is 21.1 Å². The molecule has 0 atom stereocenters. The summed E-state index contributed by atoms with van der Waals surface area (Å²) in [5, 5.41) is 8.87. The van der Waals surface area contributed by atoms with E-state index in [2.05, 4.69) is 20.9 Å². The minimum absolute atomic E-state index is 0.0693. The lowest BCUT2D eigenvalue weighted by Gasteiger charge is -2.02. The highest BCUT2D eigenvalue weighted by molar-refractivity contribution is 9.10. The molecule has 0 aliphatic rings. The molecule has 2 rings (SSSR count). The minimum Gasteiger partial charge on any atom is -0.396 e. The smallest absolute Gasteiger partial charge is 0.132 e. The Morgan fingerprint density at radius 1 is 1.50 bits per heavy atom. The molecule has 0 saturated carbocycles. The third-order valence-electron chi connectivity index (χ3n) is 2.05. The number of hydrogen-bond acceptors (Lipinski definition) is 3. The zero-order valence-corrected chi connectivity index (χ0v) is 9.03. The Kier molecular flexibility index (Phi) is 2.43.